The molecule has 3 rings (SSSR count). The summed E-state index contributed by atoms with van der Waals surface area (Å²) in [6, 6.07) is 7.19. The molecule has 0 radical (unpaired) electrons. The van der Waals surface area contributed by atoms with Gasteiger partial charge < -0.3 is 10.6 Å². The van der Waals surface area contributed by atoms with Crippen LogP contribution in [0.25, 0.3) is 11.2 Å². The maximum atomic E-state index is 12.5. The minimum absolute atomic E-state index is 0.179. The average Bonchev–Trinajstić information content (AvgIpc) is 2.91. The van der Waals surface area contributed by atoms with Crippen LogP contribution < -0.4 is 10.6 Å². The maximum Gasteiger partial charge on any atom is 0.257 e. The predicted molar refractivity (Wildman–Crippen MR) is 94.5 cm³/mol. The highest BCUT2D eigenvalue weighted by Crippen LogP contribution is 2.31. The van der Waals surface area contributed by atoms with E-state index in [1.54, 1.807) is 36.0 Å². The van der Waals surface area contributed by atoms with Crippen molar-refractivity contribution in [1.29, 1.82) is 0 Å². The number of aryl methyl sites for hydroxylation is 1. The van der Waals surface area contributed by atoms with Gasteiger partial charge in [-0.25, -0.2) is 9.67 Å². The molecule has 1 amide bonds. The molecular formula is C16H17ClN6O. The average molecular weight is 345 g/mol. The van der Waals surface area contributed by atoms with E-state index in [-0.39, 0.29) is 11.9 Å². The number of hydrogen-bond donors (Lipinski definition) is 2. The monoisotopic (exact) mass is 344 g/mol. The van der Waals surface area contributed by atoms with Crippen molar-refractivity contribution in [3.8, 4) is 0 Å². The molecule has 0 spiro atoms. The molecule has 2 aromatic heterocycles. The number of benzene rings is 1. The summed E-state index contributed by atoms with van der Waals surface area (Å²) in [5, 5.41) is 14.5. The van der Waals surface area contributed by atoms with Crippen molar-refractivity contribution in [2.45, 2.75) is 19.9 Å². The van der Waals surface area contributed by atoms with Gasteiger partial charge in [0.15, 0.2) is 5.65 Å². The molecule has 7 nitrogen and oxygen atoms in total. The summed E-state index contributed by atoms with van der Waals surface area (Å²) in [6.07, 6.45) is 1.50. The zero-order valence-electron chi connectivity index (χ0n) is 13.5. The normalized spacial score (nSPS) is 11.0. The second kappa shape index (κ2) is 6.45. The highest BCUT2D eigenvalue weighted by Gasteiger charge is 2.14. The third-order valence-corrected chi connectivity index (χ3v) is 3.71. The fourth-order valence-corrected chi connectivity index (χ4v) is 2.54. The summed E-state index contributed by atoms with van der Waals surface area (Å²) < 4.78 is 1.55. The fraction of sp³-hybridized carbons (Fsp3) is 0.250. The quantitative estimate of drug-likeness (QED) is 0.759. The molecule has 0 fully saturated rings. The first-order valence-corrected chi connectivity index (χ1v) is 7.85. The number of pyridine rings is 1. The molecule has 0 unspecified atom stereocenters. The van der Waals surface area contributed by atoms with E-state index in [0.29, 0.717) is 33.1 Å². The first-order chi connectivity index (χ1) is 11.5. The highest BCUT2D eigenvalue weighted by atomic mass is 35.5. The van der Waals surface area contributed by atoms with Crippen LogP contribution in [0.2, 0.25) is 5.02 Å². The first kappa shape index (κ1) is 16.2. The van der Waals surface area contributed by atoms with E-state index in [1.165, 1.54) is 6.20 Å². The Balaban J connectivity index is 1.89. The minimum atomic E-state index is -0.288. The number of fused-ring (bicyclic) bond motifs is 1. The summed E-state index contributed by atoms with van der Waals surface area (Å²) >= 11 is 6.24. The van der Waals surface area contributed by atoms with Gasteiger partial charge in [-0.3, -0.25) is 4.79 Å². The highest BCUT2D eigenvalue weighted by molar-refractivity contribution is 6.34. The summed E-state index contributed by atoms with van der Waals surface area (Å²) in [7, 11) is 1.75. The summed E-state index contributed by atoms with van der Waals surface area (Å²) in [4.78, 5) is 16.8. The van der Waals surface area contributed by atoms with Gasteiger partial charge in [-0.15, -0.1) is 5.10 Å². The summed E-state index contributed by atoms with van der Waals surface area (Å²) in [6.45, 7) is 4.00. The molecule has 0 aliphatic carbocycles. The van der Waals surface area contributed by atoms with Crippen molar-refractivity contribution in [3.63, 3.8) is 0 Å². The molecule has 8 heteroatoms. The number of amides is 1. The Morgan fingerprint density at radius 2 is 2.12 bits per heavy atom. The lowest BCUT2D eigenvalue weighted by Crippen LogP contribution is -2.16. The molecule has 0 bridgehead atoms. The Kier molecular flexibility index (Phi) is 4.35. The third kappa shape index (κ3) is 3.16. The number of nitrogens with zero attached hydrogens (tertiary/aromatic N) is 4. The van der Waals surface area contributed by atoms with Crippen LogP contribution >= 0.6 is 11.6 Å². The zero-order valence-corrected chi connectivity index (χ0v) is 14.3. The molecule has 0 aliphatic heterocycles. The Labute approximate surface area is 144 Å². The Morgan fingerprint density at radius 3 is 2.88 bits per heavy atom. The number of halogens is 1. The summed E-state index contributed by atoms with van der Waals surface area (Å²) in [5.41, 5.74) is 2.89. The second-order valence-electron chi connectivity index (χ2n) is 5.70. The largest absolute Gasteiger partial charge is 0.380 e. The molecule has 0 saturated carbocycles. The minimum Gasteiger partial charge on any atom is -0.380 e. The number of rotatable bonds is 4. The van der Waals surface area contributed by atoms with Gasteiger partial charge in [0.25, 0.3) is 5.91 Å². The Bertz CT molecular complexity index is 905. The third-order valence-electron chi connectivity index (χ3n) is 3.40. The maximum absolute atomic E-state index is 12.5. The van der Waals surface area contributed by atoms with Crippen LogP contribution in [0.3, 0.4) is 0 Å². The van der Waals surface area contributed by atoms with Gasteiger partial charge in [-0.1, -0.05) is 22.9 Å². The lowest BCUT2D eigenvalue weighted by atomic mass is 10.2. The Morgan fingerprint density at radius 1 is 1.33 bits per heavy atom. The van der Waals surface area contributed by atoms with E-state index in [0.717, 1.165) is 0 Å². The van der Waals surface area contributed by atoms with Gasteiger partial charge in [0.2, 0.25) is 0 Å². The summed E-state index contributed by atoms with van der Waals surface area (Å²) in [5.74, 6) is -0.288. The molecule has 24 heavy (non-hydrogen) atoms. The van der Waals surface area contributed by atoms with Crippen molar-refractivity contribution in [3.05, 3.63) is 41.0 Å². The van der Waals surface area contributed by atoms with Crippen LogP contribution in [-0.2, 0) is 7.05 Å². The number of carbonyl (C=O) groups excluding carboxylic acids is 1. The molecule has 0 aliphatic rings. The second-order valence-corrected chi connectivity index (χ2v) is 6.10. The number of carbonyl (C=O) groups is 1. The van der Waals surface area contributed by atoms with Gasteiger partial charge in [0, 0.05) is 19.3 Å². The molecule has 2 heterocycles. The van der Waals surface area contributed by atoms with E-state index in [1.807, 2.05) is 13.8 Å². The fourth-order valence-electron chi connectivity index (χ4n) is 2.31. The van der Waals surface area contributed by atoms with Crippen LogP contribution in [0.1, 0.15) is 24.2 Å². The van der Waals surface area contributed by atoms with E-state index in [9.17, 15) is 4.79 Å². The Hall–Kier alpha value is -2.67. The van der Waals surface area contributed by atoms with Crippen molar-refractivity contribution in [2.24, 2.45) is 7.05 Å². The number of nitrogens with one attached hydrogen (secondary N) is 2. The molecule has 124 valence electrons. The van der Waals surface area contributed by atoms with E-state index in [4.69, 9.17) is 11.6 Å². The molecule has 3 aromatic rings. The SMILES string of the molecule is CC(C)Nc1c(Cl)cccc1NC(=O)c1cnc2c(c1)nnn2C. The van der Waals surface area contributed by atoms with Gasteiger partial charge in [0.1, 0.15) is 5.52 Å². The molecular weight excluding hydrogens is 328 g/mol. The standard InChI is InChI=1S/C16H17ClN6O/c1-9(2)19-14-11(17)5-4-6-12(14)20-16(24)10-7-13-15(18-8-10)23(3)22-21-13/h4-9,19H,1-3H3,(H,20,24). The van der Waals surface area contributed by atoms with Crippen LogP contribution in [0, 0.1) is 0 Å². The van der Waals surface area contributed by atoms with Crippen molar-refractivity contribution >= 4 is 40.0 Å². The van der Waals surface area contributed by atoms with Gasteiger partial charge >= 0.3 is 0 Å². The van der Waals surface area contributed by atoms with Crippen molar-refractivity contribution in [1.82, 2.24) is 20.0 Å². The number of para-hydroxylation sites is 1. The number of aromatic nitrogens is 4. The molecule has 2 N–H and O–H groups in total. The van der Waals surface area contributed by atoms with Gasteiger partial charge in [-0.2, -0.15) is 0 Å². The van der Waals surface area contributed by atoms with Gasteiger partial charge in [0.05, 0.1) is 22.0 Å². The van der Waals surface area contributed by atoms with Crippen LogP contribution in [0.4, 0.5) is 11.4 Å². The van der Waals surface area contributed by atoms with E-state index >= 15 is 0 Å². The van der Waals surface area contributed by atoms with Crippen molar-refractivity contribution in [2.75, 3.05) is 10.6 Å². The number of hydrogen-bond acceptors (Lipinski definition) is 5. The smallest absolute Gasteiger partial charge is 0.257 e. The molecule has 0 atom stereocenters. The van der Waals surface area contributed by atoms with Crippen LogP contribution in [-0.4, -0.2) is 31.9 Å². The van der Waals surface area contributed by atoms with Crippen LogP contribution in [0.5, 0.6) is 0 Å². The lowest BCUT2D eigenvalue weighted by molar-refractivity contribution is 0.102. The molecule has 0 saturated heterocycles. The van der Waals surface area contributed by atoms with Crippen molar-refractivity contribution < 1.29 is 4.79 Å². The predicted octanol–water partition coefficient (Wildman–Crippen LogP) is 3.09. The van der Waals surface area contributed by atoms with E-state index < -0.39 is 0 Å². The zero-order chi connectivity index (χ0) is 17.3. The lowest BCUT2D eigenvalue weighted by Gasteiger charge is -2.17. The topological polar surface area (TPSA) is 84.7 Å². The first-order valence-electron chi connectivity index (χ1n) is 7.47. The van der Waals surface area contributed by atoms with Gasteiger partial charge in [-0.05, 0) is 32.0 Å². The number of anilines is 2. The van der Waals surface area contributed by atoms with E-state index in [2.05, 4.69) is 25.9 Å². The van der Waals surface area contributed by atoms with Crippen LogP contribution in [0.15, 0.2) is 30.5 Å². The molecule has 1 aromatic carbocycles.